The molecule has 1 N–H and O–H groups in total. The number of nitrogens with zero attached hydrogens (tertiary/aromatic N) is 1. The fourth-order valence-electron chi connectivity index (χ4n) is 2.33. The molecule has 0 atom stereocenters. The van der Waals surface area contributed by atoms with Gasteiger partial charge < -0.3 is 5.32 Å². The number of fused-ring (bicyclic) bond motifs is 1. The Bertz CT molecular complexity index is 415. The predicted octanol–water partition coefficient (Wildman–Crippen LogP) is 1.49. The lowest BCUT2D eigenvalue weighted by Gasteiger charge is -2.28. The van der Waals surface area contributed by atoms with Crippen molar-refractivity contribution in [3.05, 3.63) is 34.9 Å². The second-order valence-electron chi connectivity index (χ2n) is 4.78. The molecule has 0 unspecified atom stereocenters. The molecule has 17 heavy (non-hydrogen) atoms. The van der Waals surface area contributed by atoms with Crippen LogP contribution in [0, 0.1) is 6.92 Å². The third-order valence-corrected chi connectivity index (χ3v) is 3.26. The fraction of sp³-hybridized carbons (Fsp3) is 0.500. The Hall–Kier alpha value is -1.35. The smallest absolute Gasteiger partial charge is 0.216 e. The van der Waals surface area contributed by atoms with E-state index >= 15 is 0 Å². The molecule has 1 aromatic rings. The maximum absolute atomic E-state index is 10.8. The molecular formula is C14H20N2O. The summed E-state index contributed by atoms with van der Waals surface area (Å²) in [6.45, 7) is 7.49. The topological polar surface area (TPSA) is 32.3 Å². The normalized spacial score (nSPS) is 15.4. The highest BCUT2D eigenvalue weighted by molar-refractivity contribution is 5.72. The van der Waals surface area contributed by atoms with Crippen molar-refractivity contribution in [3.8, 4) is 0 Å². The zero-order valence-corrected chi connectivity index (χ0v) is 10.6. The summed E-state index contributed by atoms with van der Waals surface area (Å²) in [5.41, 5.74) is 4.25. The van der Waals surface area contributed by atoms with Crippen molar-refractivity contribution in [1.29, 1.82) is 0 Å². The van der Waals surface area contributed by atoms with Crippen LogP contribution in [0.5, 0.6) is 0 Å². The van der Waals surface area contributed by atoms with Gasteiger partial charge in [-0.3, -0.25) is 9.69 Å². The third kappa shape index (κ3) is 3.30. The Kier molecular flexibility index (Phi) is 3.79. The molecule has 1 aliphatic heterocycles. The van der Waals surface area contributed by atoms with Crippen LogP contribution in [0.4, 0.5) is 0 Å². The number of amides is 1. The van der Waals surface area contributed by atoms with E-state index in [1.807, 2.05) is 0 Å². The first kappa shape index (κ1) is 12.1. The summed E-state index contributed by atoms with van der Waals surface area (Å²) < 4.78 is 0. The van der Waals surface area contributed by atoms with Crippen molar-refractivity contribution in [3.63, 3.8) is 0 Å². The van der Waals surface area contributed by atoms with E-state index in [9.17, 15) is 4.79 Å². The second-order valence-corrected chi connectivity index (χ2v) is 4.78. The standard InChI is InChI=1S/C14H20N2O/c1-11-3-4-13-5-7-16(10-14(13)9-11)8-6-15-12(2)17/h3-4,9H,5-8,10H2,1-2H3,(H,15,17). The van der Waals surface area contributed by atoms with Crippen LogP contribution in [0.3, 0.4) is 0 Å². The first-order valence-electron chi connectivity index (χ1n) is 6.20. The van der Waals surface area contributed by atoms with Gasteiger partial charge in [-0.15, -0.1) is 0 Å². The van der Waals surface area contributed by atoms with Gasteiger partial charge in [0.15, 0.2) is 0 Å². The molecule has 92 valence electrons. The molecule has 0 bridgehead atoms. The minimum Gasteiger partial charge on any atom is -0.355 e. The lowest BCUT2D eigenvalue weighted by atomic mass is 9.98. The zero-order chi connectivity index (χ0) is 12.3. The van der Waals surface area contributed by atoms with E-state index in [1.165, 1.54) is 16.7 Å². The largest absolute Gasteiger partial charge is 0.355 e. The molecule has 3 nitrogen and oxygen atoms in total. The molecule has 0 saturated carbocycles. The maximum Gasteiger partial charge on any atom is 0.216 e. The Morgan fingerprint density at radius 2 is 2.24 bits per heavy atom. The van der Waals surface area contributed by atoms with Crippen molar-refractivity contribution < 1.29 is 4.79 Å². The van der Waals surface area contributed by atoms with E-state index < -0.39 is 0 Å². The SMILES string of the molecule is CC(=O)NCCN1CCc2ccc(C)cc2C1. The fourth-order valence-corrected chi connectivity index (χ4v) is 2.33. The van der Waals surface area contributed by atoms with Crippen LogP contribution in [-0.4, -0.2) is 30.4 Å². The summed E-state index contributed by atoms with van der Waals surface area (Å²) in [6, 6.07) is 6.71. The Balaban J connectivity index is 1.91. The highest BCUT2D eigenvalue weighted by Crippen LogP contribution is 2.19. The first-order valence-corrected chi connectivity index (χ1v) is 6.20. The number of hydrogen-bond acceptors (Lipinski definition) is 2. The summed E-state index contributed by atoms with van der Waals surface area (Å²) in [6.07, 6.45) is 1.12. The summed E-state index contributed by atoms with van der Waals surface area (Å²) in [5.74, 6) is 0.0539. The molecule has 0 radical (unpaired) electrons. The van der Waals surface area contributed by atoms with Gasteiger partial charge in [0.25, 0.3) is 0 Å². The number of aryl methyl sites for hydroxylation is 1. The zero-order valence-electron chi connectivity index (χ0n) is 10.6. The molecule has 1 aromatic carbocycles. The highest BCUT2D eigenvalue weighted by Gasteiger charge is 2.15. The molecular weight excluding hydrogens is 212 g/mol. The van der Waals surface area contributed by atoms with E-state index in [0.717, 1.165) is 32.6 Å². The monoisotopic (exact) mass is 232 g/mol. The van der Waals surface area contributed by atoms with Gasteiger partial charge >= 0.3 is 0 Å². The van der Waals surface area contributed by atoms with E-state index in [4.69, 9.17) is 0 Å². The average Bonchev–Trinajstić information content (AvgIpc) is 2.28. The van der Waals surface area contributed by atoms with Gasteiger partial charge in [0.1, 0.15) is 0 Å². The predicted molar refractivity (Wildman–Crippen MR) is 68.8 cm³/mol. The van der Waals surface area contributed by atoms with E-state index in [0.29, 0.717) is 0 Å². The summed E-state index contributed by atoms with van der Waals surface area (Å²) in [4.78, 5) is 13.2. The maximum atomic E-state index is 10.8. The van der Waals surface area contributed by atoms with Gasteiger partial charge in [-0.1, -0.05) is 23.8 Å². The Morgan fingerprint density at radius 1 is 1.41 bits per heavy atom. The van der Waals surface area contributed by atoms with Crippen LogP contribution in [0.25, 0.3) is 0 Å². The Morgan fingerprint density at radius 3 is 3.00 bits per heavy atom. The highest BCUT2D eigenvalue weighted by atomic mass is 16.1. The van der Waals surface area contributed by atoms with Crippen molar-refractivity contribution in [2.45, 2.75) is 26.8 Å². The molecule has 0 aromatic heterocycles. The molecule has 1 aliphatic rings. The molecule has 0 spiro atoms. The molecule has 1 heterocycles. The first-order chi connectivity index (χ1) is 8.15. The summed E-state index contributed by atoms with van der Waals surface area (Å²) in [7, 11) is 0. The Labute approximate surface area is 103 Å². The molecule has 0 fully saturated rings. The van der Waals surface area contributed by atoms with Gasteiger partial charge in [-0.2, -0.15) is 0 Å². The number of carbonyl (C=O) groups excluding carboxylic acids is 1. The minimum absolute atomic E-state index is 0.0539. The summed E-state index contributed by atoms with van der Waals surface area (Å²) >= 11 is 0. The lowest BCUT2D eigenvalue weighted by molar-refractivity contribution is -0.119. The van der Waals surface area contributed by atoms with Crippen LogP contribution in [0.2, 0.25) is 0 Å². The van der Waals surface area contributed by atoms with E-state index in [2.05, 4.69) is 35.3 Å². The van der Waals surface area contributed by atoms with E-state index in [1.54, 1.807) is 6.92 Å². The third-order valence-electron chi connectivity index (χ3n) is 3.26. The molecule has 2 rings (SSSR count). The van der Waals surface area contributed by atoms with Gasteiger partial charge in [-0.05, 0) is 24.5 Å². The van der Waals surface area contributed by atoms with Crippen LogP contribution < -0.4 is 5.32 Å². The summed E-state index contributed by atoms with van der Waals surface area (Å²) in [5, 5.41) is 2.85. The minimum atomic E-state index is 0.0539. The lowest BCUT2D eigenvalue weighted by Crippen LogP contribution is -2.37. The average molecular weight is 232 g/mol. The quantitative estimate of drug-likeness (QED) is 0.856. The number of rotatable bonds is 3. The van der Waals surface area contributed by atoms with Crippen molar-refractivity contribution >= 4 is 5.91 Å². The number of benzene rings is 1. The molecule has 0 saturated heterocycles. The van der Waals surface area contributed by atoms with Crippen LogP contribution in [0.1, 0.15) is 23.6 Å². The van der Waals surface area contributed by atoms with Gasteiger partial charge in [0.2, 0.25) is 5.91 Å². The number of nitrogens with one attached hydrogen (secondary N) is 1. The van der Waals surface area contributed by atoms with Crippen molar-refractivity contribution in [2.75, 3.05) is 19.6 Å². The second kappa shape index (κ2) is 5.32. The van der Waals surface area contributed by atoms with Crippen molar-refractivity contribution in [1.82, 2.24) is 10.2 Å². The molecule has 1 amide bonds. The van der Waals surface area contributed by atoms with Crippen LogP contribution in [0.15, 0.2) is 18.2 Å². The van der Waals surface area contributed by atoms with Gasteiger partial charge in [-0.25, -0.2) is 0 Å². The van der Waals surface area contributed by atoms with E-state index in [-0.39, 0.29) is 5.91 Å². The van der Waals surface area contributed by atoms with Crippen LogP contribution in [-0.2, 0) is 17.8 Å². The molecule has 3 heteroatoms. The number of carbonyl (C=O) groups is 1. The van der Waals surface area contributed by atoms with Crippen LogP contribution >= 0.6 is 0 Å². The van der Waals surface area contributed by atoms with Crippen molar-refractivity contribution in [2.24, 2.45) is 0 Å². The molecule has 0 aliphatic carbocycles. The van der Waals surface area contributed by atoms with Gasteiger partial charge in [0.05, 0.1) is 0 Å². The number of hydrogen-bond donors (Lipinski definition) is 1. The van der Waals surface area contributed by atoms with Gasteiger partial charge in [0, 0.05) is 33.1 Å².